The van der Waals surface area contributed by atoms with Crippen molar-refractivity contribution in [2.24, 2.45) is 5.92 Å². The van der Waals surface area contributed by atoms with Crippen LogP contribution in [-0.2, 0) is 14.8 Å². The third-order valence-corrected chi connectivity index (χ3v) is 6.36. The fourth-order valence-corrected chi connectivity index (χ4v) is 4.23. The summed E-state index contributed by atoms with van der Waals surface area (Å²) in [5.74, 6) is -0.0861. The fourth-order valence-electron chi connectivity index (χ4n) is 2.71. The molecule has 0 aliphatic rings. The van der Waals surface area contributed by atoms with Gasteiger partial charge in [-0.05, 0) is 43.5 Å². The molecule has 5 nitrogen and oxygen atoms in total. The van der Waals surface area contributed by atoms with Crippen LogP contribution in [0.4, 0.5) is 5.69 Å². The Labute approximate surface area is 159 Å². The molecule has 0 saturated carbocycles. The average Bonchev–Trinajstić information content (AvgIpc) is 2.62. The van der Waals surface area contributed by atoms with E-state index >= 15 is 0 Å². The number of rotatable bonds is 12. The van der Waals surface area contributed by atoms with E-state index in [1.807, 2.05) is 13.8 Å². The van der Waals surface area contributed by atoms with E-state index in [-0.39, 0.29) is 16.7 Å². The zero-order valence-electron chi connectivity index (χ0n) is 16.6. The third-order valence-electron chi connectivity index (χ3n) is 4.45. The van der Waals surface area contributed by atoms with E-state index in [0.717, 1.165) is 38.5 Å². The molecule has 26 heavy (non-hydrogen) atoms. The summed E-state index contributed by atoms with van der Waals surface area (Å²) in [5.41, 5.74) is 0.630. The van der Waals surface area contributed by atoms with Crippen LogP contribution in [0.5, 0.6) is 0 Å². The molecule has 0 aliphatic carbocycles. The number of nitrogens with one attached hydrogen (secondary N) is 1. The van der Waals surface area contributed by atoms with Crippen molar-refractivity contribution in [3.8, 4) is 0 Å². The van der Waals surface area contributed by atoms with Gasteiger partial charge in [0, 0.05) is 24.7 Å². The van der Waals surface area contributed by atoms with Gasteiger partial charge in [0.15, 0.2) is 0 Å². The van der Waals surface area contributed by atoms with Crippen LogP contribution in [0.1, 0.15) is 66.2 Å². The molecule has 0 aromatic heterocycles. The second kappa shape index (κ2) is 11.3. The first-order valence-electron chi connectivity index (χ1n) is 9.77. The number of hydrogen-bond donors (Lipinski definition) is 1. The number of amides is 1. The second-order valence-electron chi connectivity index (χ2n) is 6.81. The Hall–Kier alpha value is -1.40. The molecule has 0 unspecified atom stereocenters. The number of carbonyl (C=O) groups is 1. The van der Waals surface area contributed by atoms with Gasteiger partial charge in [-0.25, -0.2) is 8.42 Å². The maximum Gasteiger partial charge on any atom is 0.243 e. The Morgan fingerprint density at radius 2 is 1.54 bits per heavy atom. The van der Waals surface area contributed by atoms with Gasteiger partial charge in [-0.2, -0.15) is 4.31 Å². The molecule has 0 fully saturated rings. The first-order valence-corrected chi connectivity index (χ1v) is 11.2. The standard InChI is InChI=1S/C20H34N2O3S/c1-5-8-15-22(16-9-6-2)26(24,25)19-13-11-18(12-14-19)21-20(23)17(4)10-7-3/h11-14,17H,5-10,15-16H2,1-4H3,(H,21,23)/t17-/m1/s1. The van der Waals surface area contributed by atoms with Crippen molar-refractivity contribution in [2.45, 2.75) is 71.1 Å². The van der Waals surface area contributed by atoms with E-state index in [1.54, 1.807) is 28.6 Å². The van der Waals surface area contributed by atoms with Crippen molar-refractivity contribution in [2.75, 3.05) is 18.4 Å². The predicted molar refractivity (Wildman–Crippen MR) is 108 cm³/mol. The molecule has 0 bridgehead atoms. The van der Waals surface area contributed by atoms with Gasteiger partial charge in [0.1, 0.15) is 0 Å². The van der Waals surface area contributed by atoms with Crippen molar-refractivity contribution < 1.29 is 13.2 Å². The maximum atomic E-state index is 12.9. The fraction of sp³-hybridized carbons (Fsp3) is 0.650. The summed E-state index contributed by atoms with van der Waals surface area (Å²) in [6.07, 6.45) is 5.41. The van der Waals surface area contributed by atoms with Crippen LogP contribution >= 0.6 is 0 Å². The number of unbranched alkanes of at least 4 members (excludes halogenated alkanes) is 2. The Kier molecular flexibility index (Phi) is 9.88. The molecule has 1 atom stereocenters. The number of anilines is 1. The quantitative estimate of drug-likeness (QED) is 0.572. The highest BCUT2D eigenvalue weighted by Crippen LogP contribution is 2.20. The highest BCUT2D eigenvalue weighted by molar-refractivity contribution is 7.89. The molecule has 0 spiro atoms. The lowest BCUT2D eigenvalue weighted by atomic mass is 10.1. The molecule has 1 amide bonds. The molecule has 6 heteroatoms. The average molecular weight is 383 g/mol. The summed E-state index contributed by atoms with van der Waals surface area (Å²) < 4.78 is 27.4. The van der Waals surface area contributed by atoms with Gasteiger partial charge >= 0.3 is 0 Å². The van der Waals surface area contributed by atoms with Crippen LogP contribution in [0.2, 0.25) is 0 Å². The van der Waals surface area contributed by atoms with Crippen LogP contribution in [0, 0.1) is 5.92 Å². The van der Waals surface area contributed by atoms with Crippen LogP contribution in [0.15, 0.2) is 29.2 Å². The van der Waals surface area contributed by atoms with Crippen molar-refractivity contribution in [3.05, 3.63) is 24.3 Å². The van der Waals surface area contributed by atoms with Crippen LogP contribution in [0.25, 0.3) is 0 Å². The minimum atomic E-state index is -3.50. The minimum absolute atomic E-state index is 0.0324. The zero-order chi connectivity index (χ0) is 19.6. The lowest BCUT2D eigenvalue weighted by molar-refractivity contribution is -0.119. The maximum absolute atomic E-state index is 12.9. The summed E-state index contributed by atoms with van der Waals surface area (Å²) in [7, 11) is -3.50. The molecule has 0 aliphatic heterocycles. The van der Waals surface area contributed by atoms with Gasteiger partial charge in [0.25, 0.3) is 0 Å². The first-order chi connectivity index (χ1) is 12.4. The van der Waals surface area contributed by atoms with Gasteiger partial charge < -0.3 is 5.32 Å². The van der Waals surface area contributed by atoms with E-state index in [4.69, 9.17) is 0 Å². The molecule has 148 valence electrons. The van der Waals surface area contributed by atoms with E-state index in [0.29, 0.717) is 18.8 Å². The van der Waals surface area contributed by atoms with Crippen molar-refractivity contribution in [3.63, 3.8) is 0 Å². The van der Waals surface area contributed by atoms with E-state index < -0.39 is 10.0 Å². The number of hydrogen-bond acceptors (Lipinski definition) is 3. The van der Waals surface area contributed by atoms with E-state index in [1.165, 1.54) is 0 Å². The van der Waals surface area contributed by atoms with Gasteiger partial charge in [-0.1, -0.05) is 47.0 Å². The molecule has 1 aromatic rings. The molecule has 1 rings (SSSR count). The normalized spacial score (nSPS) is 13.0. The minimum Gasteiger partial charge on any atom is -0.326 e. The van der Waals surface area contributed by atoms with Crippen LogP contribution in [0.3, 0.4) is 0 Å². The molecule has 0 saturated heterocycles. The molecule has 1 aromatic carbocycles. The summed E-state index contributed by atoms with van der Waals surface area (Å²) in [6, 6.07) is 6.50. The summed E-state index contributed by atoms with van der Waals surface area (Å²) >= 11 is 0. The number of sulfonamides is 1. The largest absolute Gasteiger partial charge is 0.326 e. The Morgan fingerprint density at radius 1 is 1.00 bits per heavy atom. The molecule has 0 radical (unpaired) electrons. The molecule has 0 heterocycles. The highest BCUT2D eigenvalue weighted by atomic mass is 32.2. The first kappa shape index (κ1) is 22.6. The Morgan fingerprint density at radius 3 is 2.00 bits per heavy atom. The SMILES string of the molecule is CCCCN(CCCC)S(=O)(=O)c1ccc(NC(=O)[C@H](C)CCC)cc1. The lowest BCUT2D eigenvalue weighted by Crippen LogP contribution is -2.33. The Balaban J connectivity index is 2.87. The van der Waals surface area contributed by atoms with Gasteiger partial charge in [-0.3, -0.25) is 4.79 Å². The second-order valence-corrected chi connectivity index (χ2v) is 8.75. The number of benzene rings is 1. The van der Waals surface area contributed by atoms with Crippen LogP contribution < -0.4 is 5.32 Å². The highest BCUT2D eigenvalue weighted by Gasteiger charge is 2.23. The number of carbonyl (C=O) groups excluding carboxylic acids is 1. The lowest BCUT2D eigenvalue weighted by Gasteiger charge is -2.22. The third kappa shape index (κ3) is 6.72. The van der Waals surface area contributed by atoms with Gasteiger partial charge in [-0.15, -0.1) is 0 Å². The molecular weight excluding hydrogens is 348 g/mol. The van der Waals surface area contributed by atoms with Crippen molar-refractivity contribution in [1.82, 2.24) is 4.31 Å². The topological polar surface area (TPSA) is 66.5 Å². The summed E-state index contributed by atoms with van der Waals surface area (Å²) in [6.45, 7) is 9.16. The monoisotopic (exact) mass is 382 g/mol. The smallest absolute Gasteiger partial charge is 0.243 e. The van der Waals surface area contributed by atoms with E-state index in [9.17, 15) is 13.2 Å². The van der Waals surface area contributed by atoms with Crippen molar-refractivity contribution in [1.29, 1.82) is 0 Å². The van der Waals surface area contributed by atoms with Crippen molar-refractivity contribution >= 4 is 21.6 Å². The summed E-state index contributed by atoms with van der Waals surface area (Å²) in [4.78, 5) is 12.4. The number of nitrogens with zero attached hydrogens (tertiary/aromatic N) is 1. The Bertz CT molecular complexity index is 634. The molecule has 1 N–H and O–H groups in total. The molecular formula is C20H34N2O3S. The van der Waals surface area contributed by atoms with E-state index in [2.05, 4.69) is 19.2 Å². The summed E-state index contributed by atoms with van der Waals surface area (Å²) in [5, 5.41) is 2.86. The predicted octanol–water partition coefficient (Wildman–Crippen LogP) is 4.65. The van der Waals surface area contributed by atoms with Crippen LogP contribution in [-0.4, -0.2) is 31.7 Å². The zero-order valence-corrected chi connectivity index (χ0v) is 17.4. The van der Waals surface area contributed by atoms with Gasteiger partial charge in [0.2, 0.25) is 15.9 Å². The van der Waals surface area contributed by atoms with Gasteiger partial charge in [0.05, 0.1) is 4.90 Å².